The van der Waals surface area contributed by atoms with Crippen molar-refractivity contribution in [3.63, 3.8) is 0 Å². The van der Waals surface area contributed by atoms with Crippen molar-refractivity contribution in [2.75, 3.05) is 29.9 Å². The Labute approximate surface area is 194 Å². The van der Waals surface area contributed by atoms with Gasteiger partial charge in [0.1, 0.15) is 11.6 Å². The van der Waals surface area contributed by atoms with E-state index in [1.807, 2.05) is 25.1 Å². The number of aromatic nitrogens is 3. The van der Waals surface area contributed by atoms with E-state index in [2.05, 4.69) is 20.4 Å². The van der Waals surface area contributed by atoms with Crippen molar-refractivity contribution in [3.8, 4) is 17.0 Å². The molecule has 2 N–H and O–H groups in total. The number of amides is 1. The molecule has 7 nitrogen and oxygen atoms in total. The summed E-state index contributed by atoms with van der Waals surface area (Å²) < 4.78 is 20.1. The number of ether oxygens (including phenoxy) is 1. The van der Waals surface area contributed by atoms with Crippen LogP contribution in [0.15, 0.2) is 48.5 Å². The third-order valence-electron chi connectivity index (χ3n) is 5.76. The first-order valence-electron chi connectivity index (χ1n) is 11.0. The van der Waals surface area contributed by atoms with Gasteiger partial charge < -0.3 is 15.0 Å². The molecule has 1 aliphatic rings. The average molecular weight is 466 g/mol. The van der Waals surface area contributed by atoms with E-state index in [0.717, 1.165) is 47.0 Å². The molecule has 0 aliphatic carbocycles. The van der Waals surface area contributed by atoms with Crippen molar-refractivity contribution in [2.24, 2.45) is 5.92 Å². The minimum Gasteiger partial charge on any atom is -0.494 e. The zero-order chi connectivity index (χ0) is 22.8. The molecule has 1 saturated heterocycles. The van der Waals surface area contributed by atoms with Crippen molar-refractivity contribution < 1.29 is 13.9 Å². The minimum absolute atomic E-state index is 0.0439. The number of carbonyl (C=O) groups is 1. The van der Waals surface area contributed by atoms with Crippen LogP contribution in [-0.2, 0) is 4.79 Å². The first kappa shape index (κ1) is 21.4. The van der Waals surface area contributed by atoms with Gasteiger partial charge in [-0.2, -0.15) is 5.10 Å². The molecule has 33 heavy (non-hydrogen) atoms. The van der Waals surface area contributed by atoms with Gasteiger partial charge in [-0.3, -0.25) is 9.89 Å². The Bertz CT molecular complexity index is 1280. The zero-order valence-electron chi connectivity index (χ0n) is 18.2. The number of nitrogens with one attached hydrogen (secondary N) is 2. The van der Waals surface area contributed by atoms with E-state index in [9.17, 15) is 9.18 Å². The highest BCUT2D eigenvalue weighted by atomic mass is 32.1. The molecule has 0 atom stereocenters. The van der Waals surface area contributed by atoms with Gasteiger partial charge in [-0.25, -0.2) is 9.37 Å². The summed E-state index contributed by atoms with van der Waals surface area (Å²) in [5, 5.41) is 10.9. The number of anilines is 2. The van der Waals surface area contributed by atoms with Gasteiger partial charge in [-0.05, 0) is 50.1 Å². The van der Waals surface area contributed by atoms with E-state index in [0.29, 0.717) is 23.7 Å². The van der Waals surface area contributed by atoms with Gasteiger partial charge in [0, 0.05) is 30.6 Å². The van der Waals surface area contributed by atoms with E-state index >= 15 is 0 Å². The Morgan fingerprint density at radius 2 is 2.09 bits per heavy atom. The summed E-state index contributed by atoms with van der Waals surface area (Å²) in [6.45, 7) is 4.14. The molecule has 9 heteroatoms. The van der Waals surface area contributed by atoms with Crippen molar-refractivity contribution in [2.45, 2.75) is 19.8 Å². The number of rotatable bonds is 6. The number of hydrogen-bond acceptors (Lipinski definition) is 6. The number of thiazole rings is 1. The quantitative estimate of drug-likeness (QED) is 0.415. The molecule has 0 saturated carbocycles. The molecule has 1 amide bonds. The first-order valence-corrected chi connectivity index (χ1v) is 11.8. The summed E-state index contributed by atoms with van der Waals surface area (Å²) in [4.78, 5) is 19.8. The van der Waals surface area contributed by atoms with Crippen LogP contribution in [0.5, 0.6) is 5.75 Å². The van der Waals surface area contributed by atoms with Gasteiger partial charge in [0.2, 0.25) is 5.91 Å². The molecule has 0 unspecified atom stereocenters. The molecule has 3 heterocycles. The normalized spacial score (nSPS) is 14.5. The van der Waals surface area contributed by atoms with Crippen LogP contribution >= 0.6 is 11.3 Å². The number of aromatic amines is 1. The number of carbonyl (C=O) groups excluding carboxylic acids is 1. The summed E-state index contributed by atoms with van der Waals surface area (Å²) in [7, 11) is 0. The molecule has 0 spiro atoms. The maximum absolute atomic E-state index is 13.5. The Kier molecular flexibility index (Phi) is 5.95. The number of halogens is 1. The standard InChI is InChI=1S/C24H24FN5O2S/c1-2-32-18-6-7-19-21(13-18)33-24(26-19)30-10-8-15(9-11-30)23(31)27-22-14-20(28-29-22)16-4-3-5-17(25)12-16/h3-7,12-15H,2,8-11H2,1H3,(H2,27,28,29,31). The molecule has 5 rings (SSSR count). The molecule has 2 aromatic heterocycles. The van der Waals surface area contributed by atoms with Crippen molar-refractivity contribution >= 4 is 38.4 Å². The van der Waals surface area contributed by atoms with Crippen LogP contribution in [-0.4, -0.2) is 40.8 Å². The van der Waals surface area contributed by atoms with Crippen LogP contribution in [0.25, 0.3) is 21.5 Å². The fraction of sp³-hybridized carbons (Fsp3) is 0.292. The second-order valence-electron chi connectivity index (χ2n) is 7.99. The Morgan fingerprint density at radius 3 is 2.88 bits per heavy atom. The van der Waals surface area contributed by atoms with E-state index in [1.165, 1.54) is 12.1 Å². The molecule has 170 valence electrons. The summed E-state index contributed by atoms with van der Waals surface area (Å²) in [5.74, 6) is 0.849. The van der Waals surface area contributed by atoms with Crippen LogP contribution < -0.4 is 15.0 Å². The Balaban J connectivity index is 1.19. The fourth-order valence-electron chi connectivity index (χ4n) is 4.04. The predicted molar refractivity (Wildman–Crippen MR) is 128 cm³/mol. The van der Waals surface area contributed by atoms with Crippen LogP contribution in [0.1, 0.15) is 19.8 Å². The van der Waals surface area contributed by atoms with E-state index < -0.39 is 0 Å². The molecular weight excluding hydrogens is 441 g/mol. The summed E-state index contributed by atoms with van der Waals surface area (Å²) >= 11 is 1.65. The fourth-order valence-corrected chi connectivity index (χ4v) is 5.08. The Morgan fingerprint density at radius 1 is 1.24 bits per heavy atom. The number of hydrogen-bond donors (Lipinski definition) is 2. The predicted octanol–water partition coefficient (Wildman–Crippen LogP) is 5.08. The average Bonchev–Trinajstić information content (AvgIpc) is 3.46. The van der Waals surface area contributed by atoms with Gasteiger partial charge in [0.15, 0.2) is 10.9 Å². The van der Waals surface area contributed by atoms with E-state index in [1.54, 1.807) is 29.5 Å². The highest BCUT2D eigenvalue weighted by molar-refractivity contribution is 7.22. The molecular formula is C24H24FN5O2S. The van der Waals surface area contributed by atoms with Gasteiger partial charge in [-0.1, -0.05) is 23.5 Å². The molecule has 0 bridgehead atoms. The lowest BCUT2D eigenvalue weighted by molar-refractivity contribution is -0.120. The molecule has 1 aliphatic heterocycles. The van der Waals surface area contributed by atoms with Crippen molar-refractivity contribution in [3.05, 3.63) is 54.3 Å². The zero-order valence-corrected chi connectivity index (χ0v) is 19.0. The van der Waals surface area contributed by atoms with Crippen molar-refractivity contribution in [1.82, 2.24) is 15.2 Å². The largest absolute Gasteiger partial charge is 0.494 e. The van der Waals surface area contributed by atoms with Gasteiger partial charge >= 0.3 is 0 Å². The second kappa shape index (κ2) is 9.19. The number of benzene rings is 2. The van der Waals surface area contributed by atoms with Crippen LogP contribution in [0.3, 0.4) is 0 Å². The summed E-state index contributed by atoms with van der Waals surface area (Å²) in [5.41, 5.74) is 2.30. The summed E-state index contributed by atoms with van der Waals surface area (Å²) in [6, 6.07) is 13.9. The number of nitrogens with zero attached hydrogens (tertiary/aromatic N) is 3. The van der Waals surface area contributed by atoms with Crippen molar-refractivity contribution in [1.29, 1.82) is 0 Å². The third kappa shape index (κ3) is 4.68. The van der Waals surface area contributed by atoms with Crippen LogP contribution in [0, 0.1) is 11.7 Å². The SMILES string of the molecule is CCOc1ccc2nc(N3CCC(C(=O)Nc4cc(-c5cccc(F)c5)[nH]n4)CC3)sc2c1. The molecule has 2 aromatic carbocycles. The lowest BCUT2D eigenvalue weighted by Gasteiger charge is -2.30. The maximum Gasteiger partial charge on any atom is 0.228 e. The minimum atomic E-state index is -0.317. The molecule has 0 radical (unpaired) electrons. The Hall–Kier alpha value is -3.46. The van der Waals surface area contributed by atoms with E-state index in [4.69, 9.17) is 9.72 Å². The van der Waals surface area contributed by atoms with Crippen LogP contribution in [0.4, 0.5) is 15.3 Å². The van der Waals surface area contributed by atoms with E-state index in [-0.39, 0.29) is 17.6 Å². The van der Waals surface area contributed by atoms with Gasteiger partial charge in [0.25, 0.3) is 0 Å². The number of piperidine rings is 1. The maximum atomic E-state index is 13.5. The monoisotopic (exact) mass is 465 g/mol. The smallest absolute Gasteiger partial charge is 0.228 e. The van der Waals surface area contributed by atoms with Gasteiger partial charge in [0.05, 0.1) is 22.5 Å². The number of fused-ring (bicyclic) bond motifs is 1. The van der Waals surface area contributed by atoms with Gasteiger partial charge in [-0.15, -0.1) is 0 Å². The highest BCUT2D eigenvalue weighted by Crippen LogP contribution is 2.33. The summed E-state index contributed by atoms with van der Waals surface area (Å²) in [6.07, 6.45) is 1.49. The lowest BCUT2D eigenvalue weighted by atomic mass is 9.96. The lowest BCUT2D eigenvalue weighted by Crippen LogP contribution is -2.38. The second-order valence-corrected chi connectivity index (χ2v) is 9.00. The molecule has 4 aromatic rings. The third-order valence-corrected chi connectivity index (χ3v) is 6.84. The molecule has 1 fully saturated rings. The van der Waals surface area contributed by atoms with Crippen LogP contribution in [0.2, 0.25) is 0 Å². The highest BCUT2D eigenvalue weighted by Gasteiger charge is 2.27. The topological polar surface area (TPSA) is 83.1 Å². The number of H-pyrrole nitrogens is 1. The first-order chi connectivity index (χ1) is 16.1.